The van der Waals surface area contributed by atoms with Crippen LogP contribution in [0.2, 0.25) is 0 Å². The second-order valence-electron chi connectivity index (χ2n) is 4.86. The highest BCUT2D eigenvalue weighted by molar-refractivity contribution is 5.58. The molecule has 0 aliphatic carbocycles. The molecule has 0 aliphatic heterocycles. The molecule has 0 bridgehead atoms. The van der Waals surface area contributed by atoms with Gasteiger partial charge >= 0.3 is 0 Å². The number of nitrogens with zero attached hydrogens (tertiary/aromatic N) is 2. The van der Waals surface area contributed by atoms with Gasteiger partial charge in [0.1, 0.15) is 5.82 Å². The monoisotopic (exact) mass is 241 g/mol. The largest absolute Gasteiger partial charge is 0.324 e. The molecule has 0 amide bonds. The van der Waals surface area contributed by atoms with E-state index >= 15 is 0 Å². The van der Waals surface area contributed by atoms with Crippen LogP contribution in [0.3, 0.4) is 0 Å². The Balaban J connectivity index is 2.22. The normalized spacial score (nSPS) is 10.9. The molecule has 0 unspecified atom stereocenters. The number of nitrogens with two attached hydrogens (primary N) is 1. The summed E-state index contributed by atoms with van der Waals surface area (Å²) in [5.41, 5.74) is 8.96. The van der Waals surface area contributed by atoms with Crippen LogP contribution in [0.4, 0.5) is 0 Å². The third kappa shape index (κ3) is 3.14. The molecule has 3 nitrogen and oxygen atoms in total. The van der Waals surface area contributed by atoms with Crippen LogP contribution in [0.25, 0.3) is 11.3 Å². The molecule has 0 spiro atoms. The summed E-state index contributed by atoms with van der Waals surface area (Å²) < 4.78 is 0. The SMILES string of the molecule is CC(C)Cc1ccc(-c2ccnc(CN)n2)cc1. The van der Waals surface area contributed by atoms with Gasteiger partial charge in [-0.05, 0) is 24.0 Å². The lowest BCUT2D eigenvalue weighted by molar-refractivity contribution is 0.647. The molecule has 0 radical (unpaired) electrons. The summed E-state index contributed by atoms with van der Waals surface area (Å²) in [6.07, 6.45) is 2.87. The van der Waals surface area contributed by atoms with Gasteiger partial charge < -0.3 is 5.73 Å². The minimum atomic E-state index is 0.374. The van der Waals surface area contributed by atoms with Crippen molar-refractivity contribution in [1.82, 2.24) is 9.97 Å². The van der Waals surface area contributed by atoms with E-state index in [4.69, 9.17) is 5.73 Å². The molecule has 1 heterocycles. The van der Waals surface area contributed by atoms with Crippen molar-refractivity contribution in [2.45, 2.75) is 26.8 Å². The Bertz CT molecular complexity index is 503. The fourth-order valence-electron chi connectivity index (χ4n) is 1.94. The van der Waals surface area contributed by atoms with Crippen LogP contribution in [0.15, 0.2) is 36.5 Å². The molecule has 2 rings (SSSR count). The van der Waals surface area contributed by atoms with Gasteiger partial charge in [0, 0.05) is 11.8 Å². The molecule has 0 saturated heterocycles. The quantitative estimate of drug-likeness (QED) is 0.895. The zero-order valence-electron chi connectivity index (χ0n) is 10.9. The highest BCUT2D eigenvalue weighted by Gasteiger charge is 2.02. The van der Waals surface area contributed by atoms with Crippen molar-refractivity contribution < 1.29 is 0 Å². The second kappa shape index (κ2) is 5.74. The molecule has 0 fully saturated rings. The molecule has 94 valence electrons. The fourth-order valence-corrected chi connectivity index (χ4v) is 1.94. The number of hydrogen-bond acceptors (Lipinski definition) is 3. The smallest absolute Gasteiger partial charge is 0.142 e. The zero-order chi connectivity index (χ0) is 13.0. The first-order valence-corrected chi connectivity index (χ1v) is 6.30. The Labute approximate surface area is 108 Å². The third-order valence-corrected chi connectivity index (χ3v) is 2.78. The lowest BCUT2D eigenvalue weighted by Gasteiger charge is -2.06. The van der Waals surface area contributed by atoms with E-state index in [2.05, 4.69) is 48.1 Å². The maximum Gasteiger partial charge on any atom is 0.142 e. The minimum Gasteiger partial charge on any atom is -0.324 e. The van der Waals surface area contributed by atoms with Gasteiger partial charge in [-0.25, -0.2) is 9.97 Å². The van der Waals surface area contributed by atoms with Crippen molar-refractivity contribution in [3.05, 3.63) is 47.9 Å². The third-order valence-electron chi connectivity index (χ3n) is 2.78. The number of rotatable bonds is 4. The van der Waals surface area contributed by atoms with Crippen molar-refractivity contribution in [3.8, 4) is 11.3 Å². The van der Waals surface area contributed by atoms with Crippen molar-refractivity contribution in [1.29, 1.82) is 0 Å². The molecule has 18 heavy (non-hydrogen) atoms. The molecule has 2 aromatic rings. The van der Waals surface area contributed by atoms with Gasteiger partial charge in [0.25, 0.3) is 0 Å². The van der Waals surface area contributed by atoms with E-state index in [0.717, 1.165) is 17.7 Å². The lowest BCUT2D eigenvalue weighted by Crippen LogP contribution is -2.03. The van der Waals surface area contributed by atoms with Crippen LogP contribution in [-0.4, -0.2) is 9.97 Å². The highest BCUT2D eigenvalue weighted by atomic mass is 14.9. The van der Waals surface area contributed by atoms with E-state index < -0.39 is 0 Å². The minimum absolute atomic E-state index is 0.374. The Kier molecular flexibility index (Phi) is 4.05. The predicted octanol–water partition coefficient (Wildman–Crippen LogP) is 2.80. The number of hydrogen-bond donors (Lipinski definition) is 1. The van der Waals surface area contributed by atoms with Gasteiger partial charge in [-0.15, -0.1) is 0 Å². The van der Waals surface area contributed by atoms with Crippen LogP contribution >= 0.6 is 0 Å². The van der Waals surface area contributed by atoms with Crippen LogP contribution in [0, 0.1) is 5.92 Å². The van der Waals surface area contributed by atoms with Gasteiger partial charge in [0.05, 0.1) is 12.2 Å². The first-order chi connectivity index (χ1) is 8.69. The average molecular weight is 241 g/mol. The molecule has 3 heteroatoms. The number of aromatic nitrogens is 2. The van der Waals surface area contributed by atoms with Gasteiger partial charge in [0.15, 0.2) is 0 Å². The van der Waals surface area contributed by atoms with Crippen molar-refractivity contribution in [3.63, 3.8) is 0 Å². The van der Waals surface area contributed by atoms with Crippen LogP contribution in [0.1, 0.15) is 25.2 Å². The molecule has 0 saturated carbocycles. The molecule has 2 N–H and O–H groups in total. The van der Waals surface area contributed by atoms with E-state index in [1.54, 1.807) is 6.20 Å². The standard InChI is InChI=1S/C15H19N3/c1-11(2)9-12-3-5-13(6-4-12)14-7-8-17-15(10-16)18-14/h3-8,11H,9-10,16H2,1-2H3. The van der Waals surface area contributed by atoms with Crippen molar-refractivity contribution in [2.24, 2.45) is 11.7 Å². The second-order valence-corrected chi connectivity index (χ2v) is 4.86. The Morgan fingerprint density at radius 1 is 1.11 bits per heavy atom. The van der Waals surface area contributed by atoms with Gasteiger partial charge in [0.2, 0.25) is 0 Å². The Morgan fingerprint density at radius 2 is 1.83 bits per heavy atom. The van der Waals surface area contributed by atoms with E-state index in [-0.39, 0.29) is 0 Å². The molecule has 0 aliphatic rings. The summed E-state index contributed by atoms with van der Waals surface area (Å²) in [4.78, 5) is 8.52. The summed E-state index contributed by atoms with van der Waals surface area (Å²) in [5, 5.41) is 0. The average Bonchev–Trinajstić information content (AvgIpc) is 2.39. The van der Waals surface area contributed by atoms with Crippen molar-refractivity contribution >= 4 is 0 Å². The Morgan fingerprint density at radius 3 is 2.44 bits per heavy atom. The van der Waals surface area contributed by atoms with Crippen LogP contribution < -0.4 is 5.73 Å². The van der Waals surface area contributed by atoms with E-state index in [1.807, 2.05) is 6.07 Å². The maximum atomic E-state index is 5.55. The molecule has 0 atom stereocenters. The summed E-state index contributed by atoms with van der Waals surface area (Å²) in [6, 6.07) is 10.5. The summed E-state index contributed by atoms with van der Waals surface area (Å²) >= 11 is 0. The van der Waals surface area contributed by atoms with Gasteiger partial charge in [-0.2, -0.15) is 0 Å². The van der Waals surface area contributed by atoms with E-state index in [9.17, 15) is 0 Å². The lowest BCUT2D eigenvalue weighted by atomic mass is 10.0. The maximum absolute atomic E-state index is 5.55. The van der Waals surface area contributed by atoms with E-state index in [0.29, 0.717) is 18.3 Å². The van der Waals surface area contributed by atoms with E-state index in [1.165, 1.54) is 5.56 Å². The molecular weight excluding hydrogens is 222 g/mol. The van der Waals surface area contributed by atoms with Crippen molar-refractivity contribution in [2.75, 3.05) is 0 Å². The summed E-state index contributed by atoms with van der Waals surface area (Å²) in [7, 11) is 0. The number of benzene rings is 1. The molecule has 1 aromatic carbocycles. The Hall–Kier alpha value is -1.74. The topological polar surface area (TPSA) is 51.8 Å². The van der Waals surface area contributed by atoms with Crippen LogP contribution in [0.5, 0.6) is 0 Å². The van der Waals surface area contributed by atoms with Crippen LogP contribution in [-0.2, 0) is 13.0 Å². The summed E-state index contributed by atoms with van der Waals surface area (Å²) in [6.45, 7) is 4.83. The molecule has 1 aromatic heterocycles. The summed E-state index contributed by atoms with van der Waals surface area (Å²) in [5.74, 6) is 1.36. The predicted molar refractivity (Wildman–Crippen MR) is 73.9 cm³/mol. The molecular formula is C15H19N3. The highest BCUT2D eigenvalue weighted by Crippen LogP contribution is 2.18. The van der Waals surface area contributed by atoms with Gasteiger partial charge in [-0.3, -0.25) is 0 Å². The first-order valence-electron chi connectivity index (χ1n) is 6.30. The van der Waals surface area contributed by atoms with Gasteiger partial charge in [-0.1, -0.05) is 38.1 Å². The first kappa shape index (κ1) is 12.7. The zero-order valence-corrected chi connectivity index (χ0v) is 10.9. The fraction of sp³-hybridized carbons (Fsp3) is 0.333.